The molecule has 20 heavy (non-hydrogen) atoms. The summed E-state index contributed by atoms with van der Waals surface area (Å²) in [7, 11) is 0. The van der Waals surface area contributed by atoms with Gasteiger partial charge in [0, 0.05) is 17.5 Å². The van der Waals surface area contributed by atoms with E-state index < -0.39 is 0 Å². The second-order valence-corrected chi connectivity index (χ2v) is 6.89. The Morgan fingerprint density at radius 3 is 2.50 bits per heavy atom. The SMILES string of the molecule is C1CC2CCC(C1)C2.C=C/C(CNC=O)=C1\SNC1C. The van der Waals surface area contributed by atoms with Gasteiger partial charge in [-0.3, -0.25) is 9.52 Å². The summed E-state index contributed by atoms with van der Waals surface area (Å²) in [6.07, 6.45) is 11.8. The Morgan fingerprint density at radius 2 is 2.10 bits per heavy atom. The van der Waals surface area contributed by atoms with Crippen LogP contribution in [0.3, 0.4) is 0 Å². The zero-order valence-electron chi connectivity index (χ0n) is 12.4. The average Bonchev–Trinajstić information content (AvgIpc) is 2.80. The molecule has 2 saturated carbocycles. The van der Waals surface area contributed by atoms with Crippen LogP contribution in [0.2, 0.25) is 0 Å². The Labute approximate surface area is 126 Å². The van der Waals surface area contributed by atoms with Crippen LogP contribution >= 0.6 is 11.9 Å². The predicted octanol–water partition coefficient (Wildman–Crippen LogP) is 3.40. The van der Waals surface area contributed by atoms with Crippen LogP contribution in [0.4, 0.5) is 0 Å². The number of carbonyl (C=O) groups excluding carboxylic acids is 1. The van der Waals surface area contributed by atoms with Crippen molar-refractivity contribution in [3.63, 3.8) is 0 Å². The van der Waals surface area contributed by atoms with E-state index in [1.165, 1.54) is 11.3 Å². The molecular formula is C16H26N2OS. The molecule has 0 aromatic rings. The molecule has 2 N–H and O–H groups in total. The fourth-order valence-corrected chi connectivity index (χ4v) is 4.15. The van der Waals surface area contributed by atoms with Gasteiger partial charge in [0.25, 0.3) is 0 Å². The van der Waals surface area contributed by atoms with Crippen LogP contribution in [-0.2, 0) is 4.79 Å². The first-order valence-electron chi connectivity index (χ1n) is 7.69. The van der Waals surface area contributed by atoms with E-state index >= 15 is 0 Å². The lowest BCUT2D eigenvalue weighted by Gasteiger charge is -2.28. The summed E-state index contributed by atoms with van der Waals surface area (Å²) < 4.78 is 3.14. The van der Waals surface area contributed by atoms with E-state index in [9.17, 15) is 4.79 Å². The Hall–Kier alpha value is -0.740. The van der Waals surface area contributed by atoms with Crippen LogP contribution in [0, 0.1) is 11.8 Å². The molecule has 0 radical (unpaired) electrons. The fourth-order valence-electron chi connectivity index (χ4n) is 3.39. The van der Waals surface area contributed by atoms with Crippen molar-refractivity contribution in [1.82, 2.24) is 10.0 Å². The van der Waals surface area contributed by atoms with Gasteiger partial charge in [0.15, 0.2) is 0 Å². The van der Waals surface area contributed by atoms with E-state index in [0.717, 1.165) is 17.4 Å². The second-order valence-electron chi connectivity index (χ2n) is 6.01. The zero-order chi connectivity index (χ0) is 14.4. The molecule has 3 rings (SSSR count). The lowest BCUT2D eigenvalue weighted by atomic mass is 9.89. The highest BCUT2D eigenvalue weighted by Crippen LogP contribution is 2.41. The molecule has 1 amide bonds. The summed E-state index contributed by atoms with van der Waals surface area (Å²) in [5.74, 6) is 2.32. The van der Waals surface area contributed by atoms with Gasteiger partial charge in [0.2, 0.25) is 6.41 Å². The molecule has 0 aromatic heterocycles. The van der Waals surface area contributed by atoms with Crippen molar-refractivity contribution in [1.29, 1.82) is 0 Å². The monoisotopic (exact) mass is 294 g/mol. The van der Waals surface area contributed by atoms with Crippen LogP contribution in [0.1, 0.15) is 45.4 Å². The average molecular weight is 294 g/mol. The maximum Gasteiger partial charge on any atom is 0.207 e. The van der Waals surface area contributed by atoms with Gasteiger partial charge in [-0.25, -0.2) is 0 Å². The van der Waals surface area contributed by atoms with E-state index in [2.05, 4.69) is 23.5 Å². The summed E-state index contributed by atoms with van der Waals surface area (Å²) >= 11 is 1.60. The molecular weight excluding hydrogens is 268 g/mol. The van der Waals surface area contributed by atoms with Crippen molar-refractivity contribution >= 4 is 18.4 Å². The largest absolute Gasteiger partial charge is 0.355 e. The molecule has 2 aliphatic carbocycles. The van der Waals surface area contributed by atoms with Crippen LogP contribution in [0.5, 0.6) is 0 Å². The normalized spacial score (nSPS) is 33.4. The van der Waals surface area contributed by atoms with Crippen LogP contribution < -0.4 is 10.0 Å². The standard InChI is InChI=1S/C8H12N2OS.C8H14/c1-3-7(4-9-5-11)8-6(2)10-12-8;1-2-7-4-5-8(3-1)6-7/h3,5-6,10H,1,4H2,2H3,(H,9,11);7-8H,1-6H2/b8-7+;. The summed E-state index contributed by atoms with van der Waals surface area (Å²) in [6.45, 7) is 6.35. The lowest BCUT2D eigenvalue weighted by Crippen LogP contribution is -2.34. The molecule has 3 fully saturated rings. The molecule has 4 heteroatoms. The molecule has 3 unspecified atom stereocenters. The molecule has 0 spiro atoms. The Kier molecular flexibility index (Phi) is 6.17. The summed E-state index contributed by atoms with van der Waals surface area (Å²) in [4.78, 5) is 11.3. The molecule has 3 nitrogen and oxygen atoms in total. The van der Waals surface area contributed by atoms with Crippen molar-refractivity contribution in [2.75, 3.05) is 6.54 Å². The summed E-state index contributed by atoms with van der Waals surface area (Å²) in [5, 5.41) is 2.62. The van der Waals surface area contributed by atoms with Crippen molar-refractivity contribution in [3.8, 4) is 0 Å². The van der Waals surface area contributed by atoms with E-state index in [0.29, 0.717) is 19.0 Å². The van der Waals surface area contributed by atoms with Gasteiger partial charge in [0.1, 0.15) is 0 Å². The van der Waals surface area contributed by atoms with Crippen molar-refractivity contribution in [2.45, 2.75) is 51.5 Å². The van der Waals surface area contributed by atoms with Gasteiger partial charge in [-0.05, 0) is 42.7 Å². The highest BCUT2D eigenvalue weighted by atomic mass is 32.2. The molecule has 1 heterocycles. The van der Waals surface area contributed by atoms with Crippen LogP contribution in [0.15, 0.2) is 23.1 Å². The molecule has 3 aliphatic rings. The first-order chi connectivity index (χ1) is 9.74. The fraction of sp³-hybridized carbons (Fsp3) is 0.688. The quantitative estimate of drug-likeness (QED) is 0.617. The Balaban J connectivity index is 0.000000157. The van der Waals surface area contributed by atoms with Gasteiger partial charge < -0.3 is 5.32 Å². The number of amides is 1. The van der Waals surface area contributed by atoms with E-state index in [-0.39, 0.29) is 0 Å². The Bertz CT molecular complexity index is 367. The molecule has 1 saturated heterocycles. The zero-order valence-corrected chi connectivity index (χ0v) is 13.2. The topological polar surface area (TPSA) is 41.1 Å². The number of carbonyl (C=O) groups is 1. The minimum atomic E-state index is 0.399. The first kappa shape index (κ1) is 15.6. The van der Waals surface area contributed by atoms with Gasteiger partial charge >= 0.3 is 0 Å². The van der Waals surface area contributed by atoms with Gasteiger partial charge in [-0.15, -0.1) is 0 Å². The number of fused-ring (bicyclic) bond motifs is 2. The second kappa shape index (κ2) is 7.89. The van der Waals surface area contributed by atoms with Crippen LogP contribution in [0.25, 0.3) is 0 Å². The van der Waals surface area contributed by atoms with Gasteiger partial charge in [-0.2, -0.15) is 0 Å². The van der Waals surface area contributed by atoms with Gasteiger partial charge in [0.05, 0.1) is 0 Å². The predicted molar refractivity (Wildman–Crippen MR) is 86.2 cm³/mol. The maximum absolute atomic E-state index is 10.0. The third kappa shape index (κ3) is 4.13. The molecule has 3 atom stereocenters. The molecule has 112 valence electrons. The lowest BCUT2D eigenvalue weighted by molar-refractivity contribution is -0.109. The van der Waals surface area contributed by atoms with E-state index in [1.807, 2.05) is 0 Å². The third-order valence-electron chi connectivity index (χ3n) is 4.55. The third-order valence-corrected chi connectivity index (χ3v) is 5.86. The number of rotatable bonds is 4. The summed E-state index contributed by atoms with van der Waals surface area (Å²) in [6, 6.07) is 0.399. The van der Waals surface area contributed by atoms with Crippen molar-refractivity contribution in [3.05, 3.63) is 23.1 Å². The van der Waals surface area contributed by atoms with Gasteiger partial charge in [-0.1, -0.05) is 44.8 Å². The number of hydrogen-bond acceptors (Lipinski definition) is 3. The van der Waals surface area contributed by atoms with E-state index in [1.54, 1.807) is 50.1 Å². The minimum absolute atomic E-state index is 0.399. The van der Waals surface area contributed by atoms with E-state index in [4.69, 9.17) is 0 Å². The maximum atomic E-state index is 10.0. The van der Waals surface area contributed by atoms with Crippen molar-refractivity contribution < 1.29 is 4.79 Å². The molecule has 0 aromatic carbocycles. The molecule has 1 aliphatic heterocycles. The van der Waals surface area contributed by atoms with Crippen molar-refractivity contribution in [2.24, 2.45) is 11.8 Å². The molecule has 2 bridgehead atoms. The first-order valence-corrected chi connectivity index (χ1v) is 8.51. The van der Waals surface area contributed by atoms with Crippen LogP contribution in [-0.4, -0.2) is 19.0 Å². The highest BCUT2D eigenvalue weighted by Gasteiger charge is 2.27. The highest BCUT2D eigenvalue weighted by molar-refractivity contribution is 8.02. The minimum Gasteiger partial charge on any atom is -0.355 e. The summed E-state index contributed by atoms with van der Waals surface area (Å²) in [5.41, 5.74) is 1.10. The Morgan fingerprint density at radius 1 is 1.40 bits per heavy atom. The smallest absolute Gasteiger partial charge is 0.207 e. The number of nitrogens with one attached hydrogen (secondary N) is 2. The number of hydrogen-bond donors (Lipinski definition) is 2.